The highest BCUT2D eigenvalue weighted by atomic mass is 16.6. The minimum absolute atomic E-state index is 0.0969. The number of benzene rings is 3. The van der Waals surface area contributed by atoms with Gasteiger partial charge in [0.05, 0.1) is 17.7 Å². The lowest BCUT2D eigenvalue weighted by molar-refractivity contribution is 0.0348. The molecule has 37 heavy (non-hydrogen) atoms. The maximum Gasteiger partial charge on any atom is 0.407 e. The molecule has 0 fully saturated rings. The summed E-state index contributed by atoms with van der Waals surface area (Å²) < 4.78 is 5.57. The molecule has 0 heterocycles. The Labute approximate surface area is 219 Å². The van der Waals surface area contributed by atoms with Crippen LogP contribution < -0.4 is 5.32 Å². The Kier molecular flexibility index (Phi) is 9.34. The zero-order valence-electron chi connectivity index (χ0n) is 21.9. The van der Waals surface area contributed by atoms with Gasteiger partial charge in [0.2, 0.25) is 0 Å². The van der Waals surface area contributed by atoms with Gasteiger partial charge in [-0.1, -0.05) is 96.1 Å². The van der Waals surface area contributed by atoms with Crippen LogP contribution in [0.25, 0.3) is 10.4 Å². The van der Waals surface area contributed by atoms with Crippen LogP contribution in [0.3, 0.4) is 0 Å². The van der Waals surface area contributed by atoms with E-state index in [1.807, 2.05) is 91.0 Å². The third-order valence-electron chi connectivity index (χ3n) is 6.33. The summed E-state index contributed by atoms with van der Waals surface area (Å²) in [6.07, 6.45) is -1.00. The van der Waals surface area contributed by atoms with Crippen molar-refractivity contribution in [3.63, 3.8) is 0 Å². The number of ether oxygens (including phenoxy) is 1. The van der Waals surface area contributed by atoms with Gasteiger partial charge in [-0.05, 0) is 62.8 Å². The van der Waals surface area contributed by atoms with Crippen LogP contribution >= 0.6 is 0 Å². The third kappa shape index (κ3) is 8.10. The number of aliphatic hydroxyl groups is 1. The number of nitrogens with one attached hydrogen (secondary N) is 1. The Balaban J connectivity index is 2.03. The fourth-order valence-corrected chi connectivity index (χ4v) is 4.58. The van der Waals surface area contributed by atoms with Gasteiger partial charge in [-0.15, -0.1) is 0 Å². The van der Waals surface area contributed by atoms with Crippen LogP contribution in [0.1, 0.15) is 56.7 Å². The number of hydrogen-bond donors (Lipinski definition) is 2. The quantitative estimate of drug-likeness (QED) is 0.180. The lowest BCUT2D eigenvalue weighted by Crippen LogP contribution is -2.50. The summed E-state index contributed by atoms with van der Waals surface area (Å²) >= 11 is 0. The second-order valence-electron chi connectivity index (χ2n) is 10.5. The Morgan fingerprint density at radius 3 is 2.03 bits per heavy atom. The topological polar surface area (TPSA) is 107 Å². The number of rotatable bonds is 10. The highest BCUT2D eigenvalue weighted by Crippen LogP contribution is 2.35. The van der Waals surface area contributed by atoms with Crippen molar-refractivity contribution >= 4 is 6.09 Å². The van der Waals surface area contributed by atoms with E-state index in [4.69, 9.17) is 4.74 Å². The Morgan fingerprint density at radius 2 is 1.49 bits per heavy atom. The van der Waals surface area contributed by atoms with Gasteiger partial charge >= 0.3 is 6.09 Å². The Morgan fingerprint density at radius 1 is 0.946 bits per heavy atom. The molecular formula is C30H36N4O3. The maximum atomic E-state index is 13.0. The molecule has 0 saturated heterocycles. The van der Waals surface area contributed by atoms with Crippen LogP contribution in [0, 0.1) is 0 Å². The molecule has 3 rings (SSSR count). The summed E-state index contributed by atoms with van der Waals surface area (Å²) in [4.78, 5) is 16.1. The molecule has 0 radical (unpaired) electrons. The van der Waals surface area contributed by atoms with Crippen molar-refractivity contribution < 1.29 is 14.6 Å². The number of nitrogens with zero attached hydrogens (tertiary/aromatic N) is 3. The Hall–Kier alpha value is -3.80. The first kappa shape index (κ1) is 27.8. The largest absolute Gasteiger partial charge is 0.444 e. The monoisotopic (exact) mass is 500 g/mol. The average Bonchev–Trinajstić information content (AvgIpc) is 2.87. The summed E-state index contributed by atoms with van der Waals surface area (Å²) in [7, 11) is 0. The Bertz CT molecular complexity index is 1180. The molecule has 0 aromatic heterocycles. The first-order valence-electron chi connectivity index (χ1n) is 12.5. The van der Waals surface area contributed by atoms with Crippen molar-refractivity contribution in [1.82, 2.24) is 5.32 Å². The van der Waals surface area contributed by atoms with Crippen molar-refractivity contribution in [1.29, 1.82) is 0 Å². The van der Waals surface area contributed by atoms with Crippen LogP contribution in [0.2, 0.25) is 0 Å². The second kappa shape index (κ2) is 12.4. The predicted molar refractivity (Wildman–Crippen MR) is 146 cm³/mol. The molecule has 3 aromatic rings. The van der Waals surface area contributed by atoms with Crippen LogP contribution in [0.15, 0.2) is 96.1 Å². The predicted octanol–water partition coefficient (Wildman–Crippen LogP) is 6.88. The molecule has 1 unspecified atom stereocenters. The van der Waals surface area contributed by atoms with Gasteiger partial charge in [0.25, 0.3) is 0 Å². The molecule has 3 aromatic carbocycles. The van der Waals surface area contributed by atoms with Crippen molar-refractivity contribution in [3.8, 4) is 0 Å². The van der Waals surface area contributed by atoms with E-state index < -0.39 is 29.4 Å². The lowest BCUT2D eigenvalue weighted by Gasteiger charge is -2.36. The average molecular weight is 501 g/mol. The molecule has 0 spiro atoms. The van der Waals surface area contributed by atoms with Crippen molar-refractivity contribution in [2.24, 2.45) is 5.11 Å². The molecule has 0 aliphatic heterocycles. The molecule has 7 nitrogen and oxygen atoms in total. The van der Waals surface area contributed by atoms with E-state index in [9.17, 15) is 15.4 Å². The zero-order chi connectivity index (χ0) is 26.9. The third-order valence-corrected chi connectivity index (χ3v) is 6.33. The molecule has 0 aliphatic carbocycles. The number of azide groups is 1. The molecule has 0 bridgehead atoms. The highest BCUT2D eigenvalue weighted by Gasteiger charge is 2.37. The number of carbonyl (C=O) groups excluding carboxylic acids is 1. The van der Waals surface area contributed by atoms with E-state index in [2.05, 4.69) is 15.3 Å². The molecule has 4 atom stereocenters. The number of aliphatic hydroxyl groups excluding tert-OH is 1. The van der Waals surface area contributed by atoms with Crippen LogP contribution in [-0.2, 0) is 16.7 Å². The van der Waals surface area contributed by atoms with E-state index >= 15 is 0 Å². The molecule has 2 N–H and O–H groups in total. The number of amides is 1. The summed E-state index contributed by atoms with van der Waals surface area (Å²) in [5.41, 5.74) is 10.4. The lowest BCUT2D eigenvalue weighted by atomic mass is 9.78. The van der Waals surface area contributed by atoms with E-state index in [0.717, 1.165) is 16.7 Å². The molecule has 1 amide bonds. The van der Waals surface area contributed by atoms with Crippen molar-refractivity contribution in [3.05, 3.63) is 118 Å². The summed E-state index contributed by atoms with van der Waals surface area (Å²) in [5.74, 6) is -0.280. The van der Waals surface area contributed by atoms with Crippen LogP contribution in [-0.4, -0.2) is 28.9 Å². The number of hydrogen-bond acceptors (Lipinski definition) is 4. The van der Waals surface area contributed by atoms with Crippen molar-refractivity contribution in [2.45, 2.75) is 69.7 Å². The molecule has 7 heteroatoms. The second-order valence-corrected chi connectivity index (χ2v) is 10.5. The minimum Gasteiger partial charge on any atom is -0.444 e. The highest BCUT2D eigenvalue weighted by molar-refractivity contribution is 5.68. The van der Waals surface area contributed by atoms with Gasteiger partial charge in [0.15, 0.2) is 0 Å². The van der Waals surface area contributed by atoms with Gasteiger partial charge in [-0.3, -0.25) is 0 Å². The van der Waals surface area contributed by atoms with Crippen LogP contribution in [0.5, 0.6) is 0 Å². The number of carbonyl (C=O) groups is 1. The van der Waals surface area contributed by atoms with Gasteiger partial charge in [0, 0.05) is 10.8 Å². The molecule has 194 valence electrons. The summed E-state index contributed by atoms with van der Waals surface area (Å²) in [6, 6.07) is 28.4. The fraction of sp³-hybridized carbons (Fsp3) is 0.367. The van der Waals surface area contributed by atoms with E-state index in [1.54, 1.807) is 27.7 Å². The van der Waals surface area contributed by atoms with Crippen molar-refractivity contribution in [2.75, 3.05) is 0 Å². The summed E-state index contributed by atoms with van der Waals surface area (Å²) in [6.45, 7) is 7.19. The van der Waals surface area contributed by atoms with Gasteiger partial charge in [-0.25, -0.2) is 4.79 Å². The SMILES string of the molecule is CC(C)(C)OC(=O)N[C@@H](C(Cc1ccccc1)c1ccccc1)[C@H](O)C[C@](C)(N=[N+]=[N-])c1ccccc1. The molecular weight excluding hydrogens is 464 g/mol. The normalized spacial score (nSPS) is 15.4. The summed E-state index contributed by atoms with van der Waals surface area (Å²) in [5, 5.41) is 18.8. The van der Waals surface area contributed by atoms with E-state index in [-0.39, 0.29) is 12.3 Å². The first-order chi connectivity index (χ1) is 17.6. The molecule has 0 aliphatic rings. The van der Waals surface area contributed by atoms with E-state index in [0.29, 0.717) is 6.42 Å². The van der Waals surface area contributed by atoms with Crippen LogP contribution in [0.4, 0.5) is 4.79 Å². The number of alkyl carbamates (subject to hydrolysis) is 1. The minimum atomic E-state index is -1.06. The van der Waals surface area contributed by atoms with Gasteiger partial charge in [-0.2, -0.15) is 0 Å². The molecule has 0 saturated carbocycles. The fourth-order valence-electron chi connectivity index (χ4n) is 4.58. The van der Waals surface area contributed by atoms with Gasteiger partial charge in [0.1, 0.15) is 5.60 Å². The zero-order valence-corrected chi connectivity index (χ0v) is 21.9. The maximum absolute atomic E-state index is 13.0. The first-order valence-corrected chi connectivity index (χ1v) is 12.5. The van der Waals surface area contributed by atoms with E-state index in [1.165, 1.54) is 0 Å². The smallest absolute Gasteiger partial charge is 0.407 e. The standard InChI is InChI=1S/C30H36N4O3/c1-29(2,3)37-28(36)32-27(26(35)21-30(4,33-34-31)24-18-12-7-13-19-24)25(23-16-10-6-11-17-23)20-22-14-8-5-9-15-22/h5-19,25-27,35H,20-21H2,1-4H3,(H,32,36)/t25?,26-,27+,30+/m1/s1. The van der Waals surface area contributed by atoms with Gasteiger partial charge < -0.3 is 15.2 Å².